The van der Waals surface area contributed by atoms with E-state index < -0.39 is 12.0 Å². The molecule has 0 bridgehead atoms. The van der Waals surface area contributed by atoms with E-state index in [9.17, 15) is 19.5 Å². The number of urea groups is 1. The molecule has 4 N–H and O–H groups in total. The lowest BCUT2D eigenvalue weighted by Crippen LogP contribution is -2.29. The Hall–Kier alpha value is -3.52. The maximum Gasteiger partial charge on any atom is 0.339 e. The highest BCUT2D eigenvalue weighted by Crippen LogP contribution is 2.21. The van der Waals surface area contributed by atoms with Gasteiger partial charge in [0.15, 0.2) is 0 Å². The number of rotatable bonds is 22. The SMILES string of the molecule is CC/C=C\C/C=C\C/C=C\C/C=C\C/C=C\CCCCSCC(=O)CCCNC(=O)Nc1ccc(O)c(C(=O)O)c1. The van der Waals surface area contributed by atoms with Gasteiger partial charge >= 0.3 is 12.0 Å². The summed E-state index contributed by atoms with van der Waals surface area (Å²) < 4.78 is 0. The van der Waals surface area contributed by atoms with Crippen molar-refractivity contribution in [2.75, 3.05) is 23.4 Å². The van der Waals surface area contributed by atoms with Gasteiger partial charge in [-0.2, -0.15) is 11.8 Å². The Morgan fingerprint density at radius 1 is 0.829 bits per heavy atom. The van der Waals surface area contributed by atoms with Crippen molar-refractivity contribution in [2.45, 2.75) is 71.1 Å². The van der Waals surface area contributed by atoms with Crippen LogP contribution in [0.25, 0.3) is 0 Å². The molecule has 0 spiro atoms. The third-order valence-corrected chi connectivity index (χ3v) is 6.84. The van der Waals surface area contributed by atoms with Crippen molar-refractivity contribution in [3.63, 3.8) is 0 Å². The van der Waals surface area contributed by atoms with Crippen LogP contribution in [0, 0.1) is 0 Å². The van der Waals surface area contributed by atoms with Crippen LogP contribution < -0.4 is 10.6 Å². The van der Waals surface area contributed by atoms with E-state index in [2.05, 4.69) is 78.3 Å². The first-order chi connectivity index (χ1) is 19.9. The topological polar surface area (TPSA) is 116 Å². The molecule has 0 aliphatic rings. The molecule has 0 atom stereocenters. The average molecular weight is 583 g/mol. The van der Waals surface area contributed by atoms with Crippen LogP contribution in [-0.2, 0) is 4.79 Å². The molecule has 0 aliphatic carbocycles. The number of nitrogens with one attached hydrogen (secondary N) is 2. The number of phenols is 1. The molecule has 0 radical (unpaired) electrons. The standard InChI is InChI=1S/C33H46N2O5S/c1-2-3-4-5-6-7-8-9-10-11-12-13-14-15-16-17-18-19-25-41-27-29(36)21-20-24-34-33(40)35-28-22-23-31(37)30(26-28)32(38)39/h3-4,6-7,9-10,12-13,15-16,22-23,26,37H,2,5,8,11,14,17-21,24-25,27H2,1H3,(H,38,39)(H2,34,35,40)/b4-3-,7-6-,10-9-,13-12-,16-15-. The molecule has 1 aromatic rings. The Bertz CT molecular complexity index is 1060. The molecule has 0 aliphatic heterocycles. The summed E-state index contributed by atoms with van der Waals surface area (Å²) in [7, 11) is 0. The normalized spacial score (nSPS) is 11.9. The van der Waals surface area contributed by atoms with E-state index in [1.807, 2.05) is 0 Å². The fourth-order valence-corrected chi connectivity index (χ4v) is 4.47. The number of ketones is 1. The van der Waals surface area contributed by atoms with E-state index in [4.69, 9.17) is 5.11 Å². The first kappa shape index (κ1) is 35.5. The number of hydrogen-bond donors (Lipinski definition) is 4. The number of unbranched alkanes of at least 4 members (excludes halogenated alkanes) is 2. The first-order valence-corrected chi connectivity index (χ1v) is 15.5. The van der Waals surface area contributed by atoms with Crippen molar-refractivity contribution in [1.82, 2.24) is 5.32 Å². The van der Waals surface area contributed by atoms with Gasteiger partial charge in [-0.05, 0) is 81.7 Å². The largest absolute Gasteiger partial charge is 0.507 e. The van der Waals surface area contributed by atoms with E-state index in [0.717, 1.165) is 57.1 Å². The molecule has 224 valence electrons. The Morgan fingerprint density at radius 3 is 2.05 bits per heavy atom. The minimum Gasteiger partial charge on any atom is -0.507 e. The van der Waals surface area contributed by atoms with Gasteiger partial charge in [-0.15, -0.1) is 0 Å². The van der Waals surface area contributed by atoms with Gasteiger partial charge < -0.3 is 20.8 Å². The van der Waals surface area contributed by atoms with Gasteiger partial charge in [0, 0.05) is 18.7 Å². The maximum atomic E-state index is 12.0. The molecule has 0 saturated carbocycles. The van der Waals surface area contributed by atoms with Crippen LogP contribution in [-0.4, -0.2) is 46.0 Å². The molecule has 1 rings (SSSR count). The van der Waals surface area contributed by atoms with Gasteiger partial charge in [-0.1, -0.05) is 67.7 Å². The van der Waals surface area contributed by atoms with Crippen LogP contribution in [0.15, 0.2) is 79.0 Å². The summed E-state index contributed by atoms with van der Waals surface area (Å²) in [6.07, 6.45) is 31.2. The quantitative estimate of drug-likeness (QED) is 0.0622. The maximum absolute atomic E-state index is 12.0. The molecule has 0 unspecified atom stereocenters. The van der Waals surface area contributed by atoms with Crippen molar-refractivity contribution >= 4 is 35.2 Å². The number of carbonyl (C=O) groups is 3. The number of carbonyl (C=O) groups excluding carboxylic acids is 2. The molecule has 0 fully saturated rings. The lowest BCUT2D eigenvalue weighted by Gasteiger charge is -2.09. The van der Waals surface area contributed by atoms with E-state index >= 15 is 0 Å². The van der Waals surface area contributed by atoms with Crippen LogP contribution in [0.3, 0.4) is 0 Å². The summed E-state index contributed by atoms with van der Waals surface area (Å²) in [6, 6.07) is 3.30. The minimum absolute atomic E-state index is 0.166. The Morgan fingerprint density at radius 2 is 1.44 bits per heavy atom. The number of allylic oxidation sites excluding steroid dienone is 10. The number of thioether (sulfide) groups is 1. The number of benzene rings is 1. The van der Waals surface area contributed by atoms with Gasteiger partial charge in [-0.3, -0.25) is 4.79 Å². The van der Waals surface area contributed by atoms with Gasteiger partial charge in [0.05, 0.1) is 5.75 Å². The predicted octanol–water partition coefficient (Wildman–Crippen LogP) is 8.22. The molecule has 41 heavy (non-hydrogen) atoms. The molecule has 0 heterocycles. The lowest BCUT2D eigenvalue weighted by molar-refractivity contribution is -0.116. The summed E-state index contributed by atoms with van der Waals surface area (Å²) in [6.45, 7) is 2.48. The van der Waals surface area contributed by atoms with E-state index in [1.54, 1.807) is 11.8 Å². The van der Waals surface area contributed by atoms with Crippen LogP contribution in [0.2, 0.25) is 0 Å². The number of amides is 2. The molecule has 1 aromatic carbocycles. The molecular formula is C33H46N2O5S. The van der Waals surface area contributed by atoms with E-state index in [-0.39, 0.29) is 22.8 Å². The highest BCUT2D eigenvalue weighted by atomic mass is 32.2. The third-order valence-electron chi connectivity index (χ3n) is 5.73. The first-order valence-electron chi connectivity index (χ1n) is 14.4. The zero-order valence-electron chi connectivity index (χ0n) is 24.2. The van der Waals surface area contributed by atoms with Crippen molar-refractivity contribution in [2.24, 2.45) is 0 Å². The Labute approximate surface area is 249 Å². The fraction of sp³-hybridized carbons (Fsp3) is 0.424. The van der Waals surface area contributed by atoms with Gasteiger partial charge in [0.1, 0.15) is 17.1 Å². The van der Waals surface area contributed by atoms with Crippen molar-refractivity contribution in [3.05, 3.63) is 84.5 Å². The van der Waals surface area contributed by atoms with Crippen molar-refractivity contribution in [3.8, 4) is 5.75 Å². The molecule has 0 saturated heterocycles. The second-order valence-corrected chi connectivity index (χ2v) is 10.4. The van der Waals surface area contributed by atoms with Crippen molar-refractivity contribution < 1.29 is 24.6 Å². The lowest BCUT2D eigenvalue weighted by atomic mass is 10.2. The average Bonchev–Trinajstić information content (AvgIpc) is 2.95. The fourth-order valence-electron chi connectivity index (χ4n) is 3.54. The van der Waals surface area contributed by atoms with E-state index in [1.165, 1.54) is 18.2 Å². The molecule has 0 aromatic heterocycles. The van der Waals surface area contributed by atoms with Crippen LogP contribution in [0.1, 0.15) is 81.5 Å². The van der Waals surface area contributed by atoms with Crippen LogP contribution in [0.5, 0.6) is 5.75 Å². The molecule has 2 amide bonds. The van der Waals surface area contributed by atoms with Gasteiger partial charge in [-0.25, -0.2) is 9.59 Å². The summed E-state index contributed by atoms with van der Waals surface area (Å²) in [5, 5.41) is 23.7. The van der Waals surface area contributed by atoms with E-state index in [0.29, 0.717) is 25.1 Å². The second kappa shape index (κ2) is 24.3. The number of Topliss-reactive ketones (excluding diaryl/α,β-unsaturated/α-hetero) is 1. The summed E-state index contributed by atoms with van der Waals surface area (Å²) >= 11 is 1.65. The summed E-state index contributed by atoms with van der Waals surface area (Å²) in [4.78, 5) is 35.1. The summed E-state index contributed by atoms with van der Waals surface area (Å²) in [5.74, 6) is -0.0420. The second-order valence-electron chi connectivity index (χ2n) is 9.32. The zero-order valence-corrected chi connectivity index (χ0v) is 25.0. The van der Waals surface area contributed by atoms with Crippen LogP contribution in [0.4, 0.5) is 10.5 Å². The monoisotopic (exact) mass is 582 g/mol. The minimum atomic E-state index is -1.28. The smallest absolute Gasteiger partial charge is 0.339 e. The predicted molar refractivity (Wildman–Crippen MR) is 172 cm³/mol. The number of aromatic hydroxyl groups is 1. The Kier molecular flexibility index (Phi) is 21.0. The van der Waals surface area contributed by atoms with Gasteiger partial charge in [0.2, 0.25) is 0 Å². The molecule has 7 nitrogen and oxygen atoms in total. The number of aromatic carboxylic acids is 1. The number of anilines is 1. The van der Waals surface area contributed by atoms with Crippen molar-refractivity contribution in [1.29, 1.82) is 0 Å². The molecule has 8 heteroatoms. The Balaban J connectivity index is 1.97. The number of carboxylic acids is 1. The van der Waals surface area contributed by atoms with Gasteiger partial charge in [0.25, 0.3) is 0 Å². The number of hydrogen-bond acceptors (Lipinski definition) is 5. The highest BCUT2D eigenvalue weighted by molar-refractivity contribution is 7.99. The third kappa shape index (κ3) is 20.1. The molecular weight excluding hydrogens is 536 g/mol. The highest BCUT2D eigenvalue weighted by Gasteiger charge is 2.11. The zero-order chi connectivity index (χ0) is 30.0. The number of carboxylic acid groups (broad SMARTS) is 1. The summed E-state index contributed by atoms with van der Waals surface area (Å²) in [5.41, 5.74) is -0.0356. The van der Waals surface area contributed by atoms with Crippen LogP contribution >= 0.6 is 11.8 Å².